The minimum atomic E-state index is -4.51. The Morgan fingerprint density at radius 2 is 1.81 bits per heavy atom. The van der Waals surface area contributed by atoms with Crippen molar-refractivity contribution in [2.75, 3.05) is 5.32 Å². The minimum absolute atomic E-state index is 0.0320. The monoisotopic (exact) mass is 317 g/mol. The molecule has 0 aliphatic heterocycles. The molecule has 0 fully saturated rings. The molecule has 110 valence electrons. The van der Waals surface area contributed by atoms with E-state index >= 15 is 0 Å². The van der Waals surface area contributed by atoms with Gasteiger partial charge in [-0.15, -0.1) is 0 Å². The molecule has 0 unspecified atom stereocenters. The summed E-state index contributed by atoms with van der Waals surface area (Å²) in [5, 5.41) is 2.16. The first-order valence-electron chi connectivity index (χ1n) is 5.71. The number of hydrogen-bond acceptors (Lipinski definition) is 1. The molecule has 0 spiro atoms. The van der Waals surface area contributed by atoms with Gasteiger partial charge in [-0.1, -0.05) is 17.7 Å². The van der Waals surface area contributed by atoms with Crippen molar-refractivity contribution in [2.45, 2.75) is 6.18 Å². The lowest BCUT2D eigenvalue weighted by molar-refractivity contribution is -0.137. The van der Waals surface area contributed by atoms with E-state index in [4.69, 9.17) is 11.6 Å². The van der Waals surface area contributed by atoms with Crippen LogP contribution in [-0.4, -0.2) is 5.91 Å². The predicted octanol–water partition coefficient (Wildman–Crippen LogP) is 4.75. The minimum Gasteiger partial charge on any atom is -0.322 e. The Balaban J connectivity index is 2.24. The number of carbonyl (C=O) groups excluding carboxylic acids is 1. The van der Waals surface area contributed by atoms with Crippen LogP contribution < -0.4 is 5.32 Å². The summed E-state index contributed by atoms with van der Waals surface area (Å²) in [6.45, 7) is 0. The van der Waals surface area contributed by atoms with Gasteiger partial charge in [0.1, 0.15) is 5.82 Å². The van der Waals surface area contributed by atoms with Gasteiger partial charge in [0.15, 0.2) is 0 Å². The van der Waals surface area contributed by atoms with Crippen LogP contribution in [0.15, 0.2) is 42.5 Å². The van der Waals surface area contributed by atoms with Crippen LogP contribution in [0.5, 0.6) is 0 Å². The van der Waals surface area contributed by atoms with Crippen molar-refractivity contribution in [1.29, 1.82) is 0 Å². The normalized spacial score (nSPS) is 11.3. The highest BCUT2D eigenvalue weighted by molar-refractivity contribution is 6.34. The highest BCUT2D eigenvalue weighted by atomic mass is 35.5. The average Bonchev–Trinajstić information content (AvgIpc) is 2.37. The van der Waals surface area contributed by atoms with E-state index in [0.717, 1.165) is 30.3 Å². The second-order valence-corrected chi connectivity index (χ2v) is 4.56. The SMILES string of the molecule is O=C(Nc1cccc(C(F)(F)F)c1)c1ccc(F)cc1Cl. The second-order valence-electron chi connectivity index (χ2n) is 4.16. The fraction of sp³-hybridized carbons (Fsp3) is 0.0714. The topological polar surface area (TPSA) is 29.1 Å². The number of benzene rings is 2. The summed E-state index contributed by atoms with van der Waals surface area (Å²) in [4.78, 5) is 11.9. The number of nitrogens with one attached hydrogen (secondary N) is 1. The van der Waals surface area contributed by atoms with Gasteiger partial charge in [0.25, 0.3) is 5.91 Å². The van der Waals surface area contributed by atoms with Crippen LogP contribution in [0.2, 0.25) is 5.02 Å². The Morgan fingerprint density at radius 1 is 1.10 bits per heavy atom. The zero-order chi connectivity index (χ0) is 15.6. The summed E-state index contributed by atoms with van der Waals surface area (Å²) < 4.78 is 50.6. The van der Waals surface area contributed by atoms with Crippen molar-refractivity contribution in [3.8, 4) is 0 Å². The standard InChI is InChI=1S/C14H8ClF4NO/c15-12-7-9(16)4-5-11(12)13(21)20-10-3-1-2-8(6-10)14(17,18)19/h1-7H,(H,20,21). The van der Waals surface area contributed by atoms with Crippen LogP contribution in [0.3, 0.4) is 0 Å². The highest BCUT2D eigenvalue weighted by Gasteiger charge is 2.30. The Labute approximate surface area is 122 Å². The number of amides is 1. The Bertz CT molecular complexity index is 685. The van der Waals surface area contributed by atoms with Gasteiger partial charge in [0.2, 0.25) is 0 Å². The Morgan fingerprint density at radius 3 is 2.43 bits per heavy atom. The number of carbonyl (C=O) groups is 1. The van der Waals surface area contributed by atoms with Crippen molar-refractivity contribution >= 4 is 23.2 Å². The molecule has 0 heterocycles. The van der Waals surface area contributed by atoms with Crippen molar-refractivity contribution < 1.29 is 22.4 Å². The molecule has 0 saturated carbocycles. The summed E-state index contributed by atoms with van der Waals surface area (Å²) in [6.07, 6.45) is -4.51. The smallest absolute Gasteiger partial charge is 0.322 e. The van der Waals surface area contributed by atoms with Gasteiger partial charge in [0.05, 0.1) is 16.1 Å². The third kappa shape index (κ3) is 3.72. The maximum atomic E-state index is 12.9. The van der Waals surface area contributed by atoms with Gasteiger partial charge in [-0.2, -0.15) is 13.2 Å². The first-order valence-corrected chi connectivity index (χ1v) is 6.09. The number of anilines is 1. The third-order valence-corrected chi connectivity index (χ3v) is 2.94. The molecular weight excluding hydrogens is 310 g/mol. The fourth-order valence-corrected chi connectivity index (χ4v) is 1.90. The Hall–Kier alpha value is -2.08. The van der Waals surface area contributed by atoms with Crippen molar-refractivity contribution in [3.05, 3.63) is 64.4 Å². The van der Waals surface area contributed by atoms with Crippen LogP contribution in [0, 0.1) is 5.82 Å². The summed E-state index contributed by atoms with van der Waals surface area (Å²) in [5.74, 6) is -1.34. The van der Waals surface area contributed by atoms with E-state index in [1.165, 1.54) is 12.1 Å². The number of rotatable bonds is 2. The molecule has 2 rings (SSSR count). The molecule has 1 N–H and O–H groups in total. The molecule has 0 radical (unpaired) electrons. The van der Waals surface area contributed by atoms with Crippen LogP contribution >= 0.6 is 11.6 Å². The summed E-state index contributed by atoms with van der Waals surface area (Å²) in [7, 11) is 0. The van der Waals surface area contributed by atoms with E-state index in [2.05, 4.69) is 5.32 Å². The van der Waals surface area contributed by atoms with E-state index in [-0.39, 0.29) is 16.3 Å². The van der Waals surface area contributed by atoms with Gasteiger partial charge >= 0.3 is 6.18 Å². The zero-order valence-electron chi connectivity index (χ0n) is 10.3. The van der Waals surface area contributed by atoms with E-state index < -0.39 is 23.5 Å². The summed E-state index contributed by atoms with van der Waals surface area (Å²) >= 11 is 5.71. The quantitative estimate of drug-likeness (QED) is 0.796. The van der Waals surface area contributed by atoms with E-state index in [1.54, 1.807) is 0 Å². The fourth-order valence-electron chi connectivity index (χ4n) is 1.65. The van der Waals surface area contributed by atoms with Crippen LogP contribution in [0.4, 0.5) is 23.2 Å². The number of hydrogen-bond donors (Lipinski definition) is 1. The lowest BCUT2D eigenvalue weighted by atomic mass is 10.1. The second kappa shape index (κ2) is 5.73. The van der Waals surface area contributed by atoms with Gasteiger partial charge in [-0.25, -0.2) is 4.39 Å². The molecule has 0 bridgehead atoms. The van der Waals surface area contributed by atoms with Gasteiger partial charge in [0, 0.05) is 5.69 Å². The average molecular weight is 318 g/mol. The highest BCUT2D eigenvalue weighted by Crippen LogP contribution is 2.30. The molecule has 0 atom stereocenters. The molecular formula is C14H8ClF4NO. The van der Waals surface area contributed by atoms with Crippen molar-refractivity contribution in [3.63, 3.8) is 0 Å². The first kappa shape index (κ1) is 15.3. The van der Waals surface area contributed by atoms with Gasteiger partial charge < -0.3 is 5.32 Å². The van der Waals surface area contributed by atoms with Crippen molar-refractivity contribution in [1.82, 2.24) is 0 Å². The first-order chi connectivity index (χ1) is 9.77. The number of alkyl halides is 3. The molecule has 1 amide bonds. The predicted molar refractivity (Wildman–Crippen MR) is 70.8 cm³/mol. The maximum Gasteiger partial charge on any atom is 0.416 e. The molecule has 2 aromatic carbocycles. The third-order valence-electron chi connectivity index (χ3n) is 2.62. The van der Waals surface area contributed by atoms with Crippen molar-refractivity contribution in [2.24, 2.45) is 0 Å². The number of halogens is 5. The zero-order valence-corrected chi connectivity index (χ0v) is 11.1. The maximum absolute atomic E-state index is 12.9. The Kier molecular flexibility index (Phi) is 4.18. The van der Waals surface area contributed by atoms with Gasteiger partial charge in [-0.05, 0) is 36.4 Å². The molecule has 0 aliphatic rings. The van der Waals surface area contributed by atoms with E-state index in [9.17, 15) is 22.4 Å². The molecule has 2 aromatic rings. The van der Waals surface area contributed by atoms with E-state index in [1.807, 2.05) is 0 Å². The van der Waals surface area contributed by atoms with Crippen LogP contribution in [-0.2, 0) is 6.18 Å². The molecule has 2 nitrogen and oxygen atoms in total. The van der Waals surface area contributed by atoms with Gasteiger partial charge in [-0.3, -0.25) is 4.79 Å². The molecule has 0 saturated heterocycles. The van der Waals surface area contributed by atoms with Crippen LogP contribution in [0.1, 0.15) is 15.9 Å². The van der Waals surface area contributed by atoms with Crippen LogP contribution in [0.25, 0.3) is 0 Å². The molecule has 21 heavy (non-hydrogen) atoms. The lowest BCUT2D eigenvalue weighted by Gasteiger charge is -2.10. The van der Waals surface area contributed by atoms with E-state index in [0.29, 0.717) is 0 Å². The summed E-state index contributed by atoms with van der Waals surface area (Å²) in [5.41, 5.74) is -0.948. The molecule has 0 aromatic heterocycles. The lowest BCUT2D eigenvalue weighted by Crippen LogP contribution is -2.13. The molecule has 7 heteroatoms. The largest absolute Gasteiger partial charge is 0.416 e. The molecule has 0 aliphatic carbocycles. The summed E-state index contributed by atoms with van der Waals surface area (Å²) in [6, 6.07) is 7.31.